The van der Waals surface area contributed by atoms with Gasteiger partial charge in [0.05, 0.1) is 13.2 Å². The number of rotatable bonds is 9. The Balaban J connectivity index is 2.48. The second kappa shape index (κ2) is 8.59. The highest BCUT2D eigenvalue weighted by atomic mass is 16.5. The van der Waals surface area contributed by atoms with Gasteiger partial charge in [-0.15, -0.1) is 0 Å². The lowest BCUT2D eigenvalue weighted by Crippen LogP contribution is -2.16. The number of methoxy groups -OCH3 is 2. The highest BCUT2D eigenvalue weighted by Crippen LogP contribution is 2.26. The Kier molecular flexibility index (Phi) is 7.09. The molecule has 0 aliphatic carbocycles. The molecule has 0 aliphatic heterocycles. The molecule has 0 spiro atoms. The number of ketones is 1. The van der Waals surface area contributed by atoms with Crippen LogP contribution < -0.4 is 4.74 Å². The number of carbonyl (C=O) groups is 1. The molecule has 0 saturated heterocycles. The van der Waals surface area contributed by atoms with E-state index in [1.54, 1.807) is 19.2 Å². The number of Topliss-reactive ketones (excluding diaryl/α,β-unsaturated/α-hetero) is 1. The van der Waals surface area contributed by atoms with Gasteiger partial charge in [0.1, 0.15) is 5.78 Å². The number of aromatic hydroxyl groups is 1. The number of carbonyl (C=O) groups excluding carboxylic acids is 1. The van der Waals surface area contributed by atoms with Gasteiger partial charge < -0.3 is 14.6 Å². The average Bonchev–Trinajstić information content (AvgIpc) is 2.45. The van der Waals surface area contributed by atoms with Crippen LogP contribution in [0.5, 0.6) is 11.5 Å². The smallest absolute Gasteiger partial charge is 0.160 e. The van der Waals surface area contributed by atoms with Crippen molar-refractivity contribution in [3.05, 3.63) is 23.8 Å². The standard InChI is InChI=1S/C16H24O4/c1-4-5-14(19-2)11-13(17)8-6-12-7-9-15(18)16(10-12)20-3/h7,9-10,14,18H,4-6,8,11H2,1-3H3/t14-/m0/s1. The monoisotopic (exact) mass is 280 g/mol. The van der Waals surface area contributed by atoms with E-state index in [0.717, 1.165) is 18.4 Å². The maximum absolute atomic E-state index is 11.9. The molecule has 1 aromatic carbocycles. The van der Waals surface area contributed by atoms with E-state index in [0.29, 0.717) is 25.0 Å². The van der Waals surface area contributed by atoms with E-state index in [9.17, 15) is 9.90 Å². The fourth-order valence-electron chi connectivity index (χ4n) is 2.14. The zero-order valence-electron chi connectivity index (χ0n) is 12.5. The summed E-state index contributed by atoms with van der Waals surface area (Å²) in [4.78, 5) is 11.9. The fourth-order valence-corrected chi connectivity index (χ4v) is 2.14. The number of aryl methyl sites for hydroxylation is 1. The minimum Gasteiger partial charge on any atom is -0.504 e. The van der Waals surface area contributed by atoms with Gasteiger partial charge in [0.15, 0.2) is 11.5 Å². The largest absolute Gasteiger partial charge is 0.504 e. The van der Waals surface area contributed by atoms with Crippen molar-refractivity contribution in [3.8, 4) is 11.5 Å². The molecule has 0 amide bonds. The topological polar surface area (TPSA) is 55.8 Å². The first-order chi connectivity index (χ1) is 9.60. The molecule has 0 fully saturated rings. The number of benzene rings is 1. The molecule has 1 rings (SSSR count). The zero-order chi connectivity index (χ0) is 15.0. The molecule has 0 radical (unpaired) electrons. The summed E-state index contributed by atoms with van der Waals surface area (Å²) in [7, 11) is 3.16. The van der Waals surface area contributed by atoms with E-state index in [2.05, 4.69) is 6.92 Å². The highest BCUT2D eigenvalue weighted by Gasteiger charge is 2.12. The molecular weight excluding hydrogens is 256 g/mol. The van der Waals surface area contributed by atoms with Gasteiger partial charge in [0.25, 0.3) is 0 Å². The lowest BCUT2D eigenvalue weighted by molar-refractivity contribution is -0.121. The van der Waals surface area contributed by atoms with Gasteiger partial charge >= 0.3 is 0 Å². The molecule has 112 valence electrons. The summed E-state index contributed by atoms with van der Waals surface area (Å²) in [6.07, 6.45) is 3.56. The second-order valence-electron chi connectivity index (χ2n) is 4.90. The van der Waals surface area contributed by atoms with Crippen molar-refractivity contribution in [2.24, 2.45) is 0 Å². The molecule has 1 atom stereocenters. The van der Waals surface area contributed by atoms with Crippen LogP contribution in [-0.2, 0) is 16.0 Å². The summed E-state index contributed by atoms with van der Waals surface area (Å²) in [5.74, 6) is 0.762. The predicted octanol–water partition coefficient (Wildman–Crippen LogP) is 3.11. The molecule has 4 heteroatoms. The predicted molar refractivity (Wildman–Crippen MR) is 78.3 cm³/mol. The van der Waals surface area contributed by atoms with Crippen LogP contribution in [0.1, 0.15) is 38.2 Å². The third-order valence-electron chi connectivity index (χ3n) is 3.34. The van der Waals surface area contributed by atoms with Crippen molar-refractivity contribution in [2.75, 3.05) is 14.2 Å². The van der Waals surface area contributed by atoms with Crippen LogP contribution >= 0.6 is 0 Å². The Morgan fingerprint density at radius 2 is 2.10 bits per heavy atom. The molecule has 0 saturated carbocycles. The Morgan fingerprint density at radius 1 is 1.35 bits per heavy atom. The van der Waals surface area contributed by atoms with Crippen molar-refractivity contribution >= 4 is 5.78 Å². The SMILES string of the molecule is CCC[C@@H](CC(=O)CCc1ccc(O)c(OC)c1)OC. The minimum atomic E-state index is 0.0295. The van der Waals surface area contributed by atoms with E-state index in [-0.39, 0.29) is 17.6 Å². The van der Waals surface area contributed by atoms with E-state index in [1.807, 2.05) is 6.07 Å². The molecule has 0 bridgehead atoms. The van der Waals surface area contributed by atoms with E-state index in [4.69, 9.17) is 9.47 Å². The molecule has 0 aromatic heterocycles. The van der Waals surface area contributed by atoms with Gasteiger partial charge in [-0.05, 0) is 30.5 Å². The van der Waals surface area contributed by atoms with Crippen LogP contribution in [0.3, 0.4) is 0 Å². The van der Waals surface area contributed by atoms with Gasteiger partial charge in [-0.3, -0.25) is 4.79 Å². The number of hydrogen-bond acceptors (Lipinski definition) is 4. The molecule has 0 unspecified atom stereocenters. The van der Waals surface area contributed by atoms with E-state index >= 15 is 0 Å². The van der Waals surface area contributed by atoms with Crippen molar-refractivity contribution in [1.82, 2.24) is 0 Å². The Morgan fingerprint density at radius 3 is 2.70 bits per heavy atom. The van der Waals surface area contributed by atoms with Crippen molar-refractivity contribution in [2.45, 2.75) is 45.1 Å². The third-order valence-corrected chi connectivity index (χ3v) is 3.34. The quantitative estimate of drug-likeness (QED) is 0.755. The second-order valence-corrected chi connectivity index (χ2v) is 4.90. The Labute approximate surface area is 120 Å². The summed E-state index contributed by atoms with van der Waals surface area (Å²) in [5, 5.41) is 9.51. The van der Waals surface area contributed by atoms with Gasteiger partial charge in [-0.25, -0.2) is 0 Å². The number of hydrogen-bond donors (Lipinski definition) is 1. The summed E-state index contributed by atoms with van der Waals surface area (Å²) >= 11 is 0. The minimum absolute atomic E-state index is 0.0295. The van der Waals surface area contributed by atoms with Crippen LogP contribution in [0.4, 0.5) is 0 Å². The molecule has 1 aromatic rings. The number of ether oxygens (including phenoxy) is 2. The molecule has 0 aliphatic rings. The lowest BCUT2D eigenvalue weighted by atomic mass is 10.0. The molecule has 20 heavy (non-hydrogen) atoms. The van der Waals surface area contributed by atoms with Crippen molar-refractivity contribution in [3.63, 3.8) is 0 Å². The Hall–Kier alpha value is -1.55. The van der Waals surface area contributed by atoms with Gasteiger partial charge in [0.2, 0.25) is 0 Å². The van der Waals surface area contributed by atoms with E-state index in [1.165, 1.54) is 7.11 Å². The highest BCUT2D eigenvalue weighted by molar-refractivity contribution is 5.79. The van der Waals surface area contributed by atoms with Crippen molar-refractivity contribution < 1.29 is 19.4 Å². The van der Waals surface area contributed by atoms with Crippen LogP contribution in [0.25, 0.3) is 0 Å². The van der Waals surface area contributed by atoms with Gasteiger partial charge in [-0.2, -0.15) is 0 Å². The fraction of sp³-hybridized carbons (Fsp3) is 0.562. The Bertz CT molecular complexity index is 428. The molecule has 4 nitrogen and oxygen atoms in total. The number of phenols is 1. The molecule has 0 heterocycles. The first-order valence-electron chi connectivity index (χ1n) is 7.01. The first kappa shape index (κ1) is 16.5. The average molecular weight is 280 g/mol. The summed E-state index contributed by atoms with van der Waals surface area (Å²) in [5.41, 5.74) is 0.984. The van der Waals surface area contributed by atoms with Crippen LogP contribution in [0, 0.1) is 0 Å². The maximum atomic E-state index is 11.9. The summed E-state index contributed by atoms with van der Waals surface area (Å²) in [6, 6.07) is 5.17. The van der Waals surface area contributed by atoms with Gasteiger partial charge in [-0.1, -0.05) is 19.4 Å². The van der Waals surface area contributed by atoms with Crippen LogP contribution in [0.15, 0.2) is 18.2 Å². The normalized spacial score (nSPS) is 12.2. The van der Waals surface area contributed by atoms with Crippen molar-refractivity contribution in [1.29, 1.82) is 0 Å². The number of phenolic OH excluding ortho intramolecular Hbond substituents is 1. The van der Waals surface area contributed by atoms with Crippen LogP contribution in [-0.4, -0.2) is 31.2 Å². The third kappa shape index (κ3) is 5.21. The van der Waals surface area contributed by atoms with E-state index < -0.39 is 0 Å². The summed E-state index contributed by atoms with van der Waals surface area (Å²) < 4.78 is 10.3. The maximum Gasteiger partial charge on any atom is 0.160 e. The van der Waals surface area contributed by atoms with Gasteiger partial charge in [0, 0.05) is 20.0 Å². The molecular formula is C16H24O4. The zero-order valence-corrected chi connectivity index (χ0v) is 12.5. The lowest BCUT2D eigenvalue weighted by Gasteiger charge is -2.13. The van der Waals surface area contributed by atoms with Crippen LogP contribution in [0.2, 0.25) is 0 Å². The molecule has 1 N–H and O–H groups in total. The summed E-state index contributed by atoms with van der Waals surface area (Å²) in [6.45, 7) is 2.08. The first-order valence-corrected chi connectivity index (χ1v) is 7.01.